The van der Waals surface area contributed by atoms with Crippen molar-refractivity contribution in [2.24, 2.45) is 0 Å². The molecule has 1 atom stereocenters. The fraction of sp³-hybridized carbons (Fsp3) is 0.588. The van der Waals surface area contributed by atoms with Gasteiger partial charge >= 0.3 is 0 Å². The Kier molecular flexibility index (Phi) is 12.1. The van der Waals surface area contributed by atoms with Gasteiger partial charge < -0.3 is 15.4 Å². The van der Waals surface area contributed by atoms with Gasteiger partial charge in [-0.15, -0.1) is 24.8 Å². The second-order valence-electron chi connectivity index (χ2n) is 5.73. The molecule has 0 bridgehead atoms. The quantitative estimate of drug-likeness (QED) is 0.762. The molecule has 0 aromatic heterocycles. The molecule has 1 aliphatic rings. The summed E-state index contributed by atoms with van der Waals surface area (Å²) in [4.78, 5) is 14.3. The molecule has 1 fully saturated rings. The summed E-state index contributed by atoms with van der Waals surface area (Å²) in [5.74, 6) is 0.0970. The number of nitrogens with one attached hydrogen (secondary N) is 2. The highest BCUT2D eigenvalue weighted by Gasteiger charge is 2.23. The van der Waals surface area contributed by atoms with Crippen molar-refractivity contribution in [2.45, 2.75) is 19.4 Å². The number of amides is 1. The smallest absolute Gasteiger partial charge is 0.221 e. The van der Waals surface area contributed by atoms with Crippen molar-refractivity contribution in [3.63, 3.8) is 0 Å². The number of aryl methyl sites for hydroxylation is 1. The number of nitrogens with zero attached hydrogens (tertiary/aromatic N) is 1. The van der Waals surface area contributed by atoms with E-state index in [1.54, 1.807) is 0 Å². The zero-order valence-electron chi connectivity index (χ0n) is 14.4. The first kappa shape index (κ1) is 23.1. The first-order valence-electron chi connectivity index (χ1n) is 8.00. The maximum atomic E-state index is 11.9. The maximum absolute atomic E-state index is 11.9. The highest BCUT2D eigenvalue weighted by Crippen LogP contribution is 2.21. The third-order valence-corrected chi connectivity index (χ3v) is 4.04. The summed E-state index contributed by atoms with van der Waals surface area (Å²) >= 11 is 0. The molecule has 2 rings (SSSR count). The number of benzene rings is 1. The summed E-state index contributed by atoms with van der Waals surface area (Å²) in [5.41, 5.74) is 2.50. The van der Waals surface area contributed by atoms with Crippen LogP contribution in [0.1, 0.15) is 23.6 Å². The minimum absolute atomic E-state index is 0. The van der Waals surface area contributed by atoms with Crippen LogP contribution in [0.25, 0.3) is 0 Å². The Morgan fingerprint density at radius 1 is 1.21 bits per heavy atom. The van der Waals surface area contributed by atoms with E-state index in [9.17, 15) is 4.79 Å². The van der Waals surface area contributed by atoms with Gasteiger partial charge in [0.1, 0.15) is 0 Å². The van der Waals surface area contributed by atoms with Crippen LogP contribution in [0.5, 0.6) is 0 Å². The van der Waals surface area contributed by atoms with Crippen molar-refractivity contribution < 1.29 is 9.53 Å². The summed E-state index contributed by atoms with van der Waals surface area (Å²) < 4.78 is 5.45. The summed E-state index contributed by atoms with van der Waals surface area (Å²) in [6.07, 6.45) is 0.514. The molecule has 1 aromatic rings. The molecule has 24 heavy (non-hydrogen) atoms. The Morgan fingerprint density at radius 3 is 2.42 bits per heavy atom. The Hall–Kier alpha value is -0.850. The molecular weight excluding hydrogens is 349 g/mol. The predicted molar refractivity (Wildman–Crippen MR) is 102 cm³/mol. The van der Waals surface area contributed by atoms with Crippen LogP contribution >= 0.6 is 24.8 Å². The van der Waals surface area contributed by atoms with Gasteiger partial charge in [0.15, 0.2) is 0 Å². The normalized spacial score (nSPS) is 15.8. The molecule has 0 saturated carbocycles. The molecule has 1 unspecified atom stereocenters. The highest BCUT2D eigenvalue weighted by molar-refractivity contribution is 5.85. The van der Waals surface area contributed by atoms with Gasteiger partial charge in [0.2, 0.25) is 5.91 Å². The fourth-order valence-corrected chi connectivity index (χ4v) is 2.67. The van der Waals surface area contributed by atoms with E-state index in [0.717, 1.165) is 26.3 Å². The van der Waals surface area contributed by atoms with Crippen LogP contribution in [0.2, 0.25) is 0 Å². The minimum Gasteiger partial charge on any atom is -0.379 e. The van der Waals surface area contributed by atoms with E-state index in [-0.39, 0.29) is 36.8 Å². The lowest BCUT2D eigenvalue weighted by Gasteiger charge is -2.35. The first-order chi connectivity index (χ1) is 10.7. The van der Waals surface area contributed by atoms with E-state index in [1.165, 1.54) is 11.1 Å². The standard InChI is InChI=1S/C17H27N3O2.2ClH/c1-14-3-5-15(6-4-14)16(20-9-11-22-12-10-20)13-19-17(21)7-8-18-2;;/h3-6,16,18H,7-13H2,1-2H3,(H,19,21);2*1H. The predicted octanol–water partition coefficient (Wildman–Crippen LogP) is 1.94. The van der Waals surface area contributed by atoms with Gasteiger partial charge in [-0.2, -0.15) is 0 Å². The molecule has 1 heterocycles. The molecular formula is C17H29Cl2N3O2. The van der Waals surface area contributed by atoms with Crippen molar-refractivity contribution in [1.29, 1.82) is 0 Å². The second kappa shape index (κ2) is 12.5. The number of halogens is 2. The minimum atomic E-state index is 0. The van der Waals surface area contributed by atoms with Crippen molar-refractivity contribution in [3.8, 4) is 0 Å². The number of hydrogen-bond donors (Lipinski definition) is 2. The molecule has 0 spiro atoms. The van der Waals surface area contributed by atoms with Crippen LogP contribution in [-0.2, 0) is 9.53 Å². The average molecular weight is 378 g/mol. The van der Waals surface area contributed by atoms with Gasteiger partial charge in [-0.1, -0.05) is 29.8 Å². The molecule has 1 aromatic carbocycles. The van der Waals surface area contributed by atoms with Crippen molar-refractivity contribution in [1.82, 2.24) is 15.5 Å². The van der Waals surface area contributed by atoms with Crippen LogP contribution in [-0.4, -0.2) is 57.2 Å². The lowest BCUT2D eigenvalue weighted by molar-refractivity contribution is -0.121. The molecule has 2 N–H and O–H groups in total. The number of carbonyl (C=O) groups is 1. The van der Waals surface area contributed by atoms with E-state index < -0.39 is 0 Å². The molecule has 0 aliphatic carbocycles. The zero-order chi connectivity index (χ0) is 15.8. The fourth-order valence-electron chi connectivity index (χ4n) is 2.67. The Labute approximate surface area is 157 Å². The lowest BCUT2D eigenvalue weighted by Crippen LogP contribution is -2.44. The average Bonchev–Trinajstić information content (AvgIpc) is 2.55. The molecule has 1 amide bonds. The van der Waals surface area contributed by atoms with Gasteiger partial charge in [-0.3, -0.25) is 9.69 Å². The van der Waals surface area contributed by atoms with Gasteiger partial charge in [-0.25, -0.2) is 0 Å². The third-order valence-electron chi connectivity index (χ3n) is 4.04. The molecule has 1 saturated heterocycles. The van der Waals surface area contributed by atoms with Crippen molar-refractivity contribution >= 4 is 30.7 Å². The molecule has 1 aliphatic heterocycles. The lowest BCUT2D eigenvalue weighted by atomic mass is 10.0. The number of hydrogen-bond acceptors (Lipinski definition) is 4. The summed E-state index contributed by atoms with van der Waals surface area (Å²) in [5, 5.41) is 6.07. The van der Waals surface area contributed by atoms with E-state index in [2.05, 4.69) is 46.7 Å². The summed E-state index contributed by atoms with van der Waals surface area (Å²) in [6.45, 7) is 6.78. The molecule has 7 heteroatoms. The zero-order valence-corrected chi connectivity index (χ0v) is 16.0. The van der Waals surface area contributed by atoms with Crippen molar-refractivity contribution in [3.05, 3.63) is 35.4 Å². The number of rotatable bonds is 7. The van der Waals surface area contributed by atoms with Crippen LogP contribution in [0.3, 0.4) is 0 Å². The van der Waals surface area contributed by atoms with Gasteiger partial charge in [0, 0.05) is 32.6 Å². The van der Waals surface area contributed by atoms with E-state index in [1.807, 2.05) is 7.05 Å². The number of morpholine rings is 1. The van der Waals surface area contributed by atoms with Gasteiger partial charge in [0.25, 0.3) is 0 Å². The highest BCUT2D eigenvalue weighted by atomic mass is 35.5. The Morgan fingerprint density at radius 2 is 1.83 bits per heavy atom. The number of carbonyl (C=O) groups excluding carboxylic acids is 1. The monoisotopic (exact) mass is 377 g/mol. The van der Waals surface area contributed by atoms with Crippen LogP contribution in [0, 0.1) is 6.92 Å². The SMILES string of the molecule is CNCCC(=O)NCC(c1ccc(C)cc1)N1CCOCC1.Cl.Cl. The summed E-state index contributed by atoms with van der Waals surface area (Å²) in [7, 11) is 1.86. The molecule has 5 nitrogen and oxygen atoms in total. The molecule has 0 radical (unpaired) electrons. The second-order valence-corrected chi connectivity index (χ2v) is 5.73. The Balaban J connectivity index is 0.00000264. The van der Waals surface area contributed by atoms with Crippen LogP contribution < -0.4 is 10.6 Å². The summed E-state index contributed by atoms with van der Waals surface area (Å²) in [6, 6.07) is 8.80. The van der Waals surface area contributed by atoms with Crippen LogP contribution in [0.4, 0.5) is 0 Å². The van der Waals surface area contributed by atoms with Gasteiger partial charge in [-0.05, 0) is 19.5 Å². The largest absolute Gasteiger partial charge is 0.379 e. The first-order valence-corrected chi connectivity index (χ1v) is 8.00. The van der Waals surface area contributed by atoms with Gasteiger partial charge in [0.05, 0.1) is 19.3 Å². The van der Waals surface area contributed by atoms with Crippen LogP contribution in [0.15, 0.2) is 24.3 Å². The number of ether oxygens (including phenoxy) is 1. The van der Waals surface area contributed by atoms with E-state index in [4.69, 9.17) is 4.74 Å². The van der Waals surface area contributed by atoms with Crippen molar-refractivity contribution in [2.75, 3.05) is 46.4 Å². The topological polar surface area (TPSA) is 53.6 Å². The third kappa shape index (κ3) is 7.36. The molecule has 138 valence electrons. The maximum Gasteiger partial charge on any atom is 0.221 e. The van der Waals surface area contributed by atoms with E-state index >= 15 is 0 Å². The van der Waals surface area contributed by atoms with E-state index in [0.29, 0.717) is 19.5 Å². The Bertz CT molecular complexity index is 465.